The van der Waals surface area contributed by atoms with Crippen LogP contribution >= 0.6 is 23.4 Å². The minimum atomic E-state index is -0.546. The Kier molecular flexibility index (Phi) is 5.37. The standard InChI is InChI=1S/C18H13ClFN3OS/c19-14-11-12(7-8-15(14)20)23-17(24)13-5-1-2-6-16(13)22-18(23)25-10-4-3-9-21/h1-2,5-8,11H,3-4,10H2. The van der Waals surface area contributed by atoms with Gasteiger partial charge in [0.15, 0.2) is 5.16 Å². The molecule has 1 heterocycles. The summed E-state index contributed by atoms with van der Waals surface area (Å²) >= 11 is 7.26. The van der Waals surface area contributed by atoms with Crippen LogP contribution < -0.4 is 5.56 Å². The third-order valence-electron chi connectivity index (χ3n) is 3.57. The first-order valence-corrected chi connectivity index (χ1v) is 8.95. The zero-order valence-electron chi connectivity index (χ0n) is 13.1. The molecule has 0 bridgehead atoms. The van der Waals surface area contributed by atoms with Crippen LogP contribution in [0.4, 0.5) is 4.39 Å². The maximum atomic E-state index is 13.5. The predicted octanol–water partition coefficient (Wildman–Crippen LogP) is 4.57. The van der Waals surface area contributed by atoms with Crippen molar-refractivity contribution in [1.82, 2.24) is 9.55 Å². The fourth-order valence-electron chi connectivity index (χ4n) is 2.38. The summed E-state index contributed by atoms with van der Waals surface area (Å²) in [6.45, 7) is 0. The molecule has 2 aromatic carbocycles. The van der Waals surface area contributed by atoms with Crippen LogP contribution in [0, 0.1) is 17.1 Å². The minimum absolute atomic E-state index is 0.0574. The molecule has 0 saturated carbocycles. The number of benzene rings is 2. The number of nitrogens with zero attached hydrogens (tertiary/aromatic N) is 3. The summed E-state index contributed by atoms with van der Waals surface area (Å²) in [5, 5.41) is 9.57. The van der Waals surface area contributed by atoms with Crippen molar-refractivity contribution in [2.24, 2.45) is 0 Å². The summed E-state index contributed by atoms with van der Waals surface area (Å²) < 4.78 is 14.9. The molecular formula is C18H13ClFN3OS. The normalized spacial score (nSPS) is 10.8. The van der Waals surface area contributed by atoms with Crippen molar-refractivity contribution in [2.45, 2.75) is 18.0 Å². The number of para-hydroxylation sites is 1. The first kappa shape index (κ1) is 17.5. The van der Waals surface area contributed by atoms with Gasteiger partial charge in [-0.2, -0.15) is 5.26 Å². The first-order chi connectivity index (χ1) is 12.1. The van der Waals surface area contributed by atoms with Gasteiger partial charge in [-0.15, -0.1) is 0 Å². The van der Waals surface area contributed by atoms with Gasteiger partial charge in [0.25, 0.3) is 5.56 Å². The number of fused-ring (bicyclic) bond motifs is 1. The van der Waals surface area contributed by atoms with E-state index >= 15 is 0 Å². The summed E-state index contributed by atoms with van der Waals surface area (Å²) in [6.07, 6.45) is 1.13. The predicted molar refractivity (Wildman–Crippen MR) is 97.9 cm³/mol. The summed E-state index contributed by atoms with van der Waals surface area (Å²) in [5.41, 5.74) is 0.813. The first-order valence-electron chi connectivity index (χ1n) is 7.59. The molecule has 0 atom stereocenters. The molecule has 0 N–H and O–H groups in total. The highest BCUT2D eigenvalue weighted by molar-refractivity contribution is 7.99. The van der Waals surface area contributed by atoms with Crippen LogP contribution in [0.2, 0.25) is 5.02 Å². The van der Waals surface area contributed by atoms with Gasteiger partial charge in [-0.25, -0.2) is 9.37 Å². The third-order valence-corrected chi connectivity index (χ3v) is 4.88. The van der Waals surface area contributed by atoms with Gasteiger partial charge in [0.2, 0.25) is 0 Å². The van der Waals surface area contributed by atoms with E-state index in [0.717, 1.165) is 0 Å². The number of aromatic nitrogens is 2. The highest BCUT2D eigenvalue weighted by Crippen LogP contribution is 2.24. The highest BCUT2D eigenvalue weighted by Gasteiger charge is 2.14. The fourth-order valence-corrected chi connectivity index (χ4v) is 3.50. The Hall–Kier alpha value is -2.36. The van der Waals surface area contributed by atoms with Crippen molar-refractivity contribution >= 4 is 34.3 Å². The van der Waals surface area contributed by atoms with Gasteiger partial charge in [-0.05, 0) is 36.8 Å². The largest absolute Gasteiger partial charge is 0.268 e. The van der Waals surface area contributed by atoms with E-state index in [1.54, 1.807) is 18.2 Å². The Morgan fingerprint density at radius 1 is 1.28 bits per heavy atom. The second-order valence-corrected chi connectivity index (χ2v) is 6.73. The monoisotopic (exact) mass is 373 g/mol. The molecule has 7 heteroatoms. The van der Waals surface area contributed by atoms with Crippen LogP contribution in [0.15, 0.2) is 52.4 Å². The number of rotatable bonds is 5. The van der Waals surface area contributed by atoms with E-state index < -0.39 is 5.82 Å². The molecule has 0 aliphatic heterocycles. The average molecular weight is 374 g/mol. The Morgan fingerprint density at radius 3 is 2.84 bits per heavy atom. The second-order valence-electron chi connectivity index (χ2n) is 5.26. The molecule has 3 aromatic rings. The zero-order valence-corrected chi connectivity index (χ0v) is 14.6. The van der Waals surface area contributed by atoms with Gasteiger partial charge in [0.05, 0.1) is 27.7 Å². The molecule has 0 spiro atoms. The molecule has 25 heavy (non-hydrogen) atoms. The average Bonchev–Trinajstić information content (AvgIpc) is 2.62. The lowest BCUT2D eigenvalue weighted by Crippen LogP contribution is -2.22. The molecule has 1 aromatic heterocycles. The van der Waals surface area contributed by atoms with Crippen molar-refractivity contribution in [3.05, 3.63) is 63.7 Å². The number of halogens is 2. The third kappa shape index (κ3) is 3.68. The lowest BCUT2D eigenvalue weighted by molar-refractivity contribution is 0.627. The topological polar surface area (TPSA) is 58.7 Å². The second kappa shape index (κ2) is 7.68. The Bertz CT molecular complexity index is 1030. The van der Waals surface area contributed by atoms with E-state index in [1.807, 2.05) is 6.07 Å². The van der Waals surface area contributed by atoms with Crippen LogP contribution in [0.25, 0.3) is 16.6 Å². The van der Waals surface area contributed by atoms with Crippen molar-refractivity contribution in [3.8, 4) is 11.8 Å². The minimum Gasteiger partial charge on any atom is -0.268 e. The molecule has 0 radical (unpaired) electrons. The summed E-state index contributed by atoms with van der Waals surface area (Å²) in [5.74, 6) is 0.100. The van der Waals surface area contributed by atoms with Gasteiger partial charge >= 0.3 is 0 Å². The van der Waals surface area contributed by atoms with Gasteiger partial charge in [-0.1, -0.05) is 35.5 Å². The van der Waals surface area contributed by atoms with Crippen LogP contribution in [-0.4, -0.2) is 15.3 Å². The molecule has 0 fully saturated rings. The molecule has 4 nitrogen and oxygen atoms in total. The molecule has 0 aliphatic rings. The van der Waals surface area contributed by atoms with E-state index in [-0.39, 0.29) is 10.6 Å². The van der Waals surface area contributed by atoms with E-state index in [9.17, 15) is 9.18 Å². The molecular weight excluding hydrogens is 361 g/mol. The Balaban J connectivity index is 2.16. The quantitative estimate of drug-likeness (QED) is 0.373. The van der Waals surface area contributed by atoms with Gasteiger partial charge < -0.3 is 0 Å². The van der Waals surface area contributed by atoms with Crippen LogP contribution in [0.5, 0.6) is 0 Å². The molecule has 0 saturated heterocycles. The van der Waals surface area contributed by atoms with Crippen LogP contribution in [0.3, 0.4) is 0 Å². The van der Waals surface area contributed by atoms with E-state index in [0.29, 0.717) is 40.3 Å². The smallest absolute Gasteiger partial charge is 0.266 e. The highest BCUT2D eigenvalue weighted by atomic mass is 35.5. The number of hydrogen-bond donors (Lipinski definition) is 0. The molecule has 0 unspecified atom stereocenters. The van der Waals surface area contributed by atoms with E-state index in [2.05, 4.69) is 11.1 Å². The van der Waals surface area contributed by atoms with Crippen LogP contribution in [-0.2, 0) is 0 Å². The lowest BCUT2D eigenvalue weighted by atomic mass is 10.2. The lowest BCUT2D eigenvalue weighted by Gasteiger charge is -2.13. The van der Waals surface area contributed by atoms with Crippen LogP contribution in [0.1, 0.15) is 12.8 Å². The Morgan fingerprint density at radius 2 is 2.08 bits per heavy atom. The van der Waals surface area contributed by atoms with Crippen molar-refractivity contribution in [2.75, 3.05) is 5.75 Å². The Labute approximate surface area is 152 Å². The maximum absolute atomic E-state index is 13.5. The molecule has 3 rings (SSSR count). The SMILES string of the molecule is N#CCCCSc1nc2ccccc2c(=O)n1-c1ccc(F)c(Cl)c1. The van der Waals surface area contributed by atoms with Gasteiger partial charge in [0.1, 0.15) is 5.82 Å². The van der Waals surface area contributed by atoms with E-state index in [4.69, 9.17) is 16.9 Å². The van der Waals surface area contributed by atoms with Gasteiger partial charge in [-0.3, -0.25) is 9.36 Å². The molecule has 126 valence electrons. The molecule has 0 aliphatic carbocycles. The number of hydrogen-bond acceptors (Lipinski definition) is 4. The number of unbranched alkanes of at least 4 members (excludes halogenated alkanes) is 1. The van der Waals surface area contributed by atoms with Crippen molar-refractivity contribution < 1.29 is 4.39 Å². The summed E-state index contributed by atoms with van der Waals surface area (Å²) in [7, 11) is 0. The fraction of sp³-hybridized carbons (Fsp3) is 0.167. The maximum Gasteiger partial charge on any atom is 0.266 e. The summed E-state index contributed by atoms with van der Waals surface area (Å²) in [4.78, 5) is 17.5. The van der Waals surface area contributed by atoms with E-state index in [1.165, 1.54) is 34.5 Å². The summed E-state index contributed by atoms with van der Waals surface area (Å²) in [6, 6.07) is 13.3. The molecule has 0 amide bonds. The number of nitriles is 1. The number of thioether (sulfide) groups is 1. The van der Waals surface area contributed by atoms with Gasteiger partial charge in [0, 0.05) is 12.2 Å². The van der Waals surface area contributed by atoms with Crippen molar-refractivity contribution in [1.29, 1.82) is 5.26 Å². The zero-order chi connectivity index (χ0) is 17.8. The van der Waals surface area contributed by atoms with Crippen molar-refractivity contribution in [3.63, 3.8) is 0 Å².